The summed E-state index contributed by atoms with van der Waals surface area (Å²) < 4.78 is 42.8. The van der Waals surface area contributed by atoms with Crippen LogP contribution in [0.25, 0.3) is 0 Å². The minimum absolute atomic E-state index is 0.0363. The molecule has 0 spiro atoms. The molecule has 0 aliphatic heterocycles. The van der Waals surface area contributed by atoms with Gasteiger partial charge < -0.3 is 4.74 Å². The van der Waals surface area contributed by atoms with Crippen molar-refractivity contribution in [2.45, 2.75) is 72.1 Å². The Kier molecular flexibility index (Phi) is 9.84. The minimum Gasteiger partial charge on any atom is -0.474 e. The van der Waals surface area contributed by atoms with Gasteiger partial charge in [-0.2, -0.15) is 13.2 Å². The standard InChI is InChI=1S/C14H20F3NO.C2H6/c1-3-5-7-12(6-4-2)19-13-9-8-11(10-18-13)14(15,16)17;1-2/h8-10,12H,3-7H2,1-2H3;1-2H3. The molecule has 0 aliphatic rings. The molecule has 1 aromatic rings. The van der Waals surface area contributed by atoms with E-state index in [9.17, 15) is 13.2 Å². The van der Waals surface area contributed by atoms with Crippen LogP contribution in [-0.2, 0) is 6.18 Å². The lowest BCUT2D eigenvalue weighted by atomic mass is 10.1. The molecule has 1 aromatic heterocycles. The van der Waals surface area contributed by atoms with Crippen molar-refractivity contribution in [2.24, 2.45) is 0 Å². The predicted octanol–water partition coefficient (Wildman–Crippen LogP) is 5.86. The van der Waals surface area contributed by atoms with Crippen LogP contribution in [0.5, 0.6) is 5.88 Å². The molecule has 1 heterocycles. The smallest absolute Gasteiger partial charge is 0.417 e. The fourth-order valence-electron chi connectivity index (χ4n) is 1.80. The van der Waals surface area contributed by atoms with Gasteiger partial charge in [0, 0.05) is 12.3 Å². The Labute approximate surface area is 125 Å². The van der Waals surface area contributed by atoms with Crippen molar-refractivity contribution < 1.29 is 17.9 Å². The highest BCUT2D eigenvalue weighted by Gasteiger charge is 2.30. The van der Waals surface area contributed by atoms with E-state index in [-0.39, 0.29) is 12.0 Å². The quantitative estimate of drug-likeness (QED) is 0.629. The van der Waals surface area contributed by atoms with E-state index < -0.39 is 11.7 Å². The van der Waals surface area contributed by atoms with Crippen LogP contribution in [-0.4, -0.2) is 11.1 Å². The fourth-order valence-corrected chi connectivity index (χ4v) is 1.80. The first-order chi connectivity index (χ1) is 9.97. The molecule has 0 aromatic carbocycles. The molecule has 0 saturated carbocycles. The summed E-state index contributed by atoms with van der Waals surface area (Å²) in [5.41, 5.74) is -0.750. The highest BCUT2D eigenvalue weighted by atomic mass is 19.4. The van der Waals surface area contributed by atoms with Gasteiger partial charge in [0.25, 0.3) is 0 Å². The number of aromatic nitrogens is 1. The second-order valence-corrected chi connectivity index (χ2v) is 4.55. The van der Waals surface area contributed by atoms with Gasteiger partial charge in [-0.25, -0.2) is 4.98 Å². The molecule has 21 heavy (non-hydrogen) atoms. The number of unbranched alkanes of at least 4 members (excludes halogenated alkanes) is 1. The molecule has 1 atom stereocenters. The van der Waals surface area contributed by atoms with E-state index >= 15 is 0 Å². The van der Waals surface area contributed by atoms with Gasteiger partial charge in [0.15, 0.2) is 0 Å². The van der Waals surface area contributed by atoms with Crippen molar-refractivity contribution in [3.8, 4) is 5.88 Å². The van der Waals surface area contributed by atoms with E-state index in [1.807, 2.05) is 13.8 Å². The number of rotatable bonds is 7. The van der Waals surface area contributed by atoms with Gasteiger partial charge in [0.2, 0.25) is 5.88 Å². The van der Waals surface area contributed by atoms with Crippen LogP contribution in [0.15, 0.2) is 18.3 Å². The Morgan fingerprint density at radius 1 is 1.10 bits per heavy atom. The van der Waals surface area contributed by atoms with E-state index in [0.29, 0.717) is 0 Å². The molecule has 0 radical (unpaired) electrons. The first kappa shape index (κ1) is 19.7. The molecule has 122 valence electrons. The normalized spacial score (nSPS) is 12.3. The second-order valence-electron chi connectivity index (χ2n) is 4.55. The van der Waals surface area contributed by atoms with Gasteiger partial charge >= 0.3 is 6.18 Å². The number of alkyl halides is 3. The van der Waals surface area contributed by atoms with Gasteiger partial charge in [-0.1, -0.05) is 47.0 Å². The zero-order valence-electron chi connectivity index (χ0n) is 13.3. The minimum atomic E-state index is -4.35. The summed E-state index contributed by atoms with van der Waals surface area (Å²) in [7, 11) is 0. The predicted molar refractivity (Wildman–Crippen MR) is 79.4 cm³/mol. The molecular weight excluding hydrogens is 279 g/mol. The lowest BCUT2D eigenvalue weighted by molar-refractivity contribution is -0.137. The zero-order valence-corrected chi connectivity index (χ0v) is 13.3. The van der Waals surface area contributed by atoms with Crippen LogP contribution in [0.1, 0.15) is 65.4 Å². The average molecular weight is 305 g/mol. The maximum Gasteiger partial charge on any atom is 0.417 e. The number of hydrogen-bond donors (Lipinski definition) is 0. The van der Waals surface area contributed by atoms with E-state index in [0.717, 1.165) is 44.4 Å². The zero-order chi connectivity index (χ0) is 16.3. The molecule has 1 rings (SSSR count). The molecule has 0 fully saturated rings. The third-order valence-corrected chi connectivity index (χ3v) is 2.84. The van der Waals surface area contributed by atoms with E-state index in [1.54, 1.807) is 0 Å². The van der Waals surface area contributed by atoms with Gasteiger partial charge in [-0.3, -0.25) is 0 Å². The lowest BCUT2D eigenvalue weighted by Gasteiger charge is -2.17. The van der Waals surface area contributed by atoms with Crippen LogP contribution >= 0.6 is 0 Å². The first-order valence-electron chi connectivity index (χ1n) is 7.67. The van der Waals surface area contributed by atoms with E-state index in [2.05, 4.69) is 18.8 Å². The summed E-state index contributed by atoms with van der Waals surface area (Å²) in [5, 5.41) is 0. The Bertz CT molecular complexity index is 363. The highest BCUT2D eigenvalue weighted by Crippen LogP contribution is 2.29. The monoisotopic (exact) mass is 305 g/mol. The number of hydrogen-bond acceptors (Lipinski definition) is 2. The summed E-state index contributed by atoms with van der Waals surface area (Å²) in [5.74, 6) is 0.266. The maximum absolute atomic E-state index is 12.4. The van der Waals surface area contributed by atoms with Crippen molar-refractivity contribution >= 4 is 0 Å². The molecule has 0 amide bonds. The molecular formula is C16H26F3NO. The van der Waals surface area contributed by atoms with E-state index in [1.165, 1.54) is 6.07 Å². The highest BCUT2D eigenvalue weighted by molar-refractivity contribution is 5.20. The van der Waals surface area contributed by atoms with E-state index in [4.69, 9.17) is 4.74 Å². The number of ether oxygens (including phenoxy) is 1. The Balaban J connectivity index is 0.00000191. The first-order valence-corrected chi connectivity index (χ1v) is 7.67. The largest absolute Gasteiger partial charge is 0.474 e. The number of nitrogens with zero attached hydrogens (tertiary/aromatic N) is 1. The molecule has 0 aliphatic carbocycles. The summed E-state index contributed by atoms with van der Waals surface area (Å²) in [6.45, 7) is 8.15. The Morgan fingerprint density at radius 3 is 2.19 bits per heavy atom. The maximum atomic E-state index is 12.4. The molecule has 0 bridgehead atoms. The van der Waals surface area contributed by atoms with Crippen molar-refractivity contribution in [3.63, 3.8) is 0 Å². The molecule has 0 saturated heterocycles. The Morgan fingerprint density at radius 2 is 1.76 bits per heavy atom. The molecule has 0 N–H and O–H groups in total. The SMILES string of the molecule is CC.CCCCC(CCC)Oc1ccc(C(F)(F)F)cn1. The summed E-state index contributed by atoms with van der Waals surface area (Å²) in [4.78, 5) is 3.73. The van der Waals surface area contributed by atoms with Gasteiger partial charge in [-0.15, -0.1) is 0 Å². The van der Waals surface area contributed by atoms with Crippen molar-refractivity contribution in [1.82, 2.24) is 4.98 Å². The number of halogens is 3. The van der Waals surface area contributed by atoms with Crippen LogP contribution in [0, 0.1) is 0 Å². The summed E-state index contributed by atoms with van der Waals surface area (Å²) in [6, 6.07) is 2.29. The van der Waals surface area contributed by atoms with Gasteiger partial charge in [0.05, 0.1) is 5.56 Å². The number of pyridine rings is 1. The topological polar surface area (TPSA) is 22.1 Å². The second kappa shape index (κ2) is 10.5. The molecule has 2 nitrogen and oxygen atoms in total. The Hall–Kier alpha value is -1.26. The van der Waals surface area contributed by atoms with Crippen LogP contribution < -0.4 is 4.74 Å². The van der Waals surface area contributed by atoms with Crippen LogP contribution in [0.2, 0.25) is 0 Å². The third kappa shape index (κ3) is 7.93. The summed E-state index contributed by atoms with van der Waals surface area (Å²) >= 11 is 0. The van der Waals surface area contributed by atoms with Crippen LogP contribution in [0.3, 0.4) is 0 Å². The van der Waals surface area contributed by atoms with Crippen molar-refractivity contribution in [3.05, 3.63) is 23.9 Å². The lowest BCUT2D eigenvalue weighted by Crippen LogP contribution is -2.17. The van der Waals surface area contributed by atoms with Crippen molar-refractivity contribution in [2.75, 3.05) is 0 Å². The fraction of sp³-hybridized carbons (Fsp3) is 0.688. The summed E-state index contributed by atoms with van der Waals surface area (Å²) in [6.07, 6.45) is 1.41. The van der Waals surface area contributed by atoms with Gasteiger partial charge in [0.1, 0.15) is 6.10 Å². The van der Waals surface area contributed by atoms with Crippen LogP contribution in [0.4, 0.5) is 13.2 Å². The molecule has 1 unspecified atom stereocenters. The average Bonchev–Trinajstić information content (AvgIpc) is 2.47. The van der Waals surface area contributed by atoms with Gasteiger partial charge in [-0.05, 0) is 18.9 Å². The van der Waals surface area contributed by atoms with Crippen molar-refractivity contribution in [1.29, 1.82) is 0 Å². The molecule has 5 heteroatoms. The third-order valence-electron chi connectivity index (χ3n) is 2.84.